The highest BCUT2D eigenvalue weighted by molar-refractivity contribution is 5.71. The van der Waals surface area contributed by atoms with Crippen LogP contribution in [0, 0.1) is 0 Å². The summed E-state index contributed by atoms with van der Waals surface area (Å²) in [6.45, 7) is 6.68. The second-order valence-corrected chi connectivity index (χ2v) is 24.9. The lowest BCUT2D eigenvalue weighted by Crippen LogP contribution is -2.30. The Morgan fingerprint density at radius 3 is 0.687 bits per heavy atom. The molecule has 1 unspecified atom stereocenters. The van der Waals surface area contributed by atoms with Gasteiger partial charge in [-0.05, 0) is 89.9 Å². The van der Waals surface area contributed by atoms with Crippen molar-refractivity contribution in [3.8, 4) is 0 Å². The molecule has 0 aliphatic carbocycles. The van der Waals surface area contributed by atoms with E-state index in [4.69, 9.17) is 14.2 Å². The molecule has 0 amide bonds. The van der Waals surface area contributed by atoms with E-state index >= 15 is 0 Å². The largest absolute Gasteiger partial charge is 0.462 e. The van der Waals surface area contributed by atoms with Crippen molar-refractivity contribution in [3.05, 3.63) is 60.8 Å². The predicted octanol–water partition coefficient (Wildman–Crippen LogP) is 25.5. The molecule has 0 N–H and O–H groups in total. The van der Waals surface area contributed by atoms with Gasteiger partial charge in [0.2, 0.25) is 0 Å². The number of hydrogen-bond donors (Lipinski definition) is 0. The van der Waals surface area contributed by atoms with Crippen LogP contribution in [0.15, 0.2) is 60.8 Å². The molecule has 1 atom stereocenters. The molecule has 0 saturated heterocycles. The number of carbonyl (C=O) groups excluding carboxylic acids is 3. The van der Waals surface area contributed by atoms with Gasteiger partial charge in [0.25, 0.3) is 0 Å². The second-order valence-electron chi connectivity index (χ2n) is 24.9. The average molecular weight is 1160 g/mol. The molecule has 0 aromatic rings. The third-order valence-electron chi connectivity index (χ3n) is 16.5. The molecule has 0 aliphatic rings. The maximum Gasteiger partial charge on any atom is 0.306 e. The molecule has 0 aromatic carbocycles. The number of rotatable bonds is 68. The maximum absolute atomic E-state index is 13.0. The summed E-state index contributed by atoms with van der Waals surface area (Å²) in [7, 11) is 0. The summed E-state index contributed by atoms with van der Waals surface area (Å²) in [5.41, 5.74) is 0. The monoisotopic (exact) mass is 1160 g/mol. The standard InChI is InChI=1S/C77H140O6/c1-4-7-10-13-16-19-22-25-28-31-34-35-36-37-38-39-40-41-42-43-44-47-49-52-55-58-61-64-67-70-76(79)82-73-74(83-77(80)71-68-65-62-59-56-53-50-46-33-30-27-24-21-18-15-12-9-6-3)72-81-75(78)69-66-63-60-57-54-51-48-45-32-29-26-23-20-17-14-11-8-5-2/h21-22,24-25,30-31,33-34,36-37,74H,4-20,23,26-29,32,35,38-73H2,1-3H3/b24-21-,25-22-,33-30-,34-31-,37-36-. The first-order chi connectivity index (χ1) is 41.0. The van der Waals surface area contributed by atoms with E-state index in [1.54, 1.807) is 0 Å². The number of unbranched alkanes of at least 4 members (excludes halogenated alkanes) is 47. The Labute approximate surface area is 517 Å². The van der Waals surface area contributed by atoms with Crippen molar-refractivity contribution < 1.29 is 28.6 Å². The van der Waals surface area contributed by atoms with Gasteiger partial charge in [-0.2, -0.15) is 0 Å². The van der Waals surface area contributed by atoms with Crippen LogP contribution in [0.25, 0.3) is 0 Å². The summed E-state index contributed by atoms with van der Waals surface area (Å²) in [6, 6.07) is 0. The molecule has 0 aromatic heterocycles. The zero-order valence-electron chi connectivity index (χ0n) is 55.7. The lowest BCUT2D eigenvalue weighted by atomic mass is 10.0. The van der Waals surface area contributed by atoms with Crippen molar-refractivity contribution >= 4 is 17.9 Å². The van der Waals surface area contributed by atoms with E-state index in [-0.39, 0.29) is 31.1 Å². The molecule has 0 rings (SSSR count). The topological polar surface area (TPSA) is 78.9 Å². The van der Waals surface area contributed by atoms with Gasteiger partial charge in [0.05, 0.1) is 0 Å². The number of hydrogen-bond acceptors (Lipinski definition) is 6. The van der Waals surface area contributed by atoms with Crippen molar-refractivity contribution in [2.75, 3.05) is 13.2 Å². The first-order valence-electron chi connectivity index (χ1n) is 36.8. The summed E-state index contributed by atoms with van der Waals surface area (Å²) in [5, 5.41) is 0. The van der Waals surface area contributed by atoms with Gasteiger partial charge in [0, 0.05) is 19.3 Å². The van der Waals surface area contributed by atoms with E-state index in [1.165, 1.54) is 270 Å². The first-order valence-corrected chi connectivity index (χ1v) is 36.8. The Bertz CT molecular complexity index is 1470. The molecule has 0 fully saturated rings. The molecule has 0 bridgehead atoms. The van der Waals surface area contributed by atoms with Crippen LogP contribution in [0.2, 0.25) is 0 Å². The summed E-state index contributed by atoms with van der Waals surface area (Å²) in [4.78, 5) is 38.5. The lowest BCUT2D eigenvalue weighted by Gasteiger charge is -2.18. The van der Waals surface area contributed by atoms with Crippen molar-refractivity contribution in [2.45, 2.75) is 399 Å². The van der Waals surface area contributed by atoms with Crippen LogP contribution in [0.4, 0.5) is 0 Å². The number of ether oxygens (including phenoxy) is 3. The summed E-state index contributed by atoms with van der Waals surface area (Å²) < 4.78 is 17.0. The van der Waals surface area contributed by atoms with Crippen molar-refractivity contribution in [2.24, 2.45) is 0 Å². The zero-order chi connectivity index (χ0) is 59.9. The molecule has 0 heterocycles. The van der Waals surface area contributed by atoms with E-state index in [2.05, 4.69) is 81.5 Å². The fourth-order valence-corrected chi connectivity index (χ4v) is 11.0. The second kappa shape index (κ2) is 71.6. The molecule has 0 spiro atoms. The van der Waals surface area contributed by atoms with Gasteiger partial charge in [0.1, 0.15) is 13.2 Å². The Balaban J connectivity index is 4.27. The predicted molar refractivity (Wildman–Crippen MR) is 362 cm³/mol. The van der Waals surface area contributed by atoms with Crippen LogP contribution in [0.3, 0.4) is 0 Å². The fourth-order valence-electron chi connectivity index (χ4n) is 11.0. The minimum absolute atomic E-state index is 0.0727. The van der Waals surface area contributed by atoms with E-state index in [0.29, 0.717) is 19.3 Å². The highest BCUT2D eigenvalue weighted by atomic mass is 16.6. The molecule has 0 radical (unpaired) electrons. The van der Waals surface area contributed by atoms with Crippen LogP contribution in [0.5, 0.6) is 0 Å². The van der Waals surface area contributed by atoms with E-state index in [1.807, 2.05) is 0 Å². The van der Waals surface area contributed by atoms with Gasteiger partial charge in [-0.15, -0.1) is 0 Å². The van der Waals surface area contributed by atoms with Gasteiger partial charge in [-0.1, -0.05) is 345 Å². The fraction of sp³-hybridized carbons (Fsp3) is 0.831. The summed E-state index contributed by atoms with van der Waals surface area (Å²) in [5.74, 6) is -0.854. The molecule has 484 valence electrons. The minimum Gasteiger partial charge on any atom is -0.462 e. The van der Waals surface area contributed by atoms with E-state index in [9.17, 15) is 14.4 Å². The molecule has 6 nitrogen and oxygen atoms in total. The van der Waals surface area contributed by atoms with Crippen LogP contribution in [-0.4, -0.2) is 37.2 Å². The molecule has 6 heteroatoms. The van der Waals surface area contributed by atoms with E-state index < -0.39 is 6.10 Å². The quantitative estimate of drug-likeness (QED) is 0.0261. The van der Waals surface area contributed by atoms with E-state index in [0.717, 1.165) is 83.5 Å². The Morgan fingerprint density at radius 1 is 0.241 bits per heavy atom. The summed E-state index contributed by atoms with van der Waals surface area (Å²) >= 11 is 0. The van der Waals surface area contributed by atoms with Crippen LogP contribution < -0.4 is 0 Å². The average Bonchev–Trinajstić information content (AvgIpc) is 3.49. The Morgan fingerprint density at radius 2 is 0.434 bits per heavy atom. The van der Waals surface area contributed by atoms with Crippen LogP contribution in [0.1, 0.15) is 393 Å². The number of allylic oxidation sites excluding steroid dienone is 10. The van der Waals surface area contributed by atoms with Crippen molar-refractivity contribution in [1.29, 1.82) is 0 Å². The minimum atomic E-state index is -0.778. The molecule has 83 heavy (non-hydrogen) atoms. The SMILES string of the molecule is CCCCCC/C=C\C/C=C\CCCCCCCCCC(=O)OC(COC(=O)CCCCCCCCCCCCCCCC/C=C\C/C=C\C/C=C\CCCCCCC)COC(=O)CCCCCCCCCCCCCCCCCCCC. The maximum atomic E-state index is 13.0. The van der Waals surface area contributed by atoms with Gasteiger partial charge in [-0.25, -0.2) is 0 Å². The number of carbonyl (C=O) groups is 3. The van der Waals surface area contributed by atoms with Crippen molar-refractivity contribution in [1.82, 2.24) is 0 Å². The van der Waals surface area contributed by atoms with Crippen LogP contribution in [-0.2, 0) is 28.6 Å². The van der Waals surface area contributed by atoms with Gasteiger partial charge < -0.3 is 14.2 Å². The van der Waals surface area contributed by atoms with Gasteiger partial charge in [-0.3, -0.25) is 14.4 Å². The van der Waals surface area contributed by atoms with Crippen molar-refractivity contribution in [3.63, 3.8) is 0 Å². The molecular formula is C77H140O6. The molecular weight excluding hydrogens is 1020 g/mol. The third kappa shape index (κ3) is 69.8. The molecule has 0 saturated carbocycles. The zero-order valence-corrected chi connectivity index (χ0v) is 55.7. The summed E-state index contributed by atoms with van der Waals surface area (Å²) in [6.07, 6.45) is 92.5. The lowest BCUT2D eigenvalue weighted by molar-refractivity contribution is -0.167. The van der Waals surface area contributed by atoms with Gasteiger partial charge in [0.15, 0.2) is 6.10 Å². The highest BCUT2D eigenvalue weighted by Crippen LogP contribution is 2.18. The normalized spacial score (nSPS) is 12.4. The van der Waals surface area contributed by atoms with Crippen LogP contribution >= 0.6 is 0 Å². The smallest absolute Gasteiger partial charge is 0.306 e. The third-order valence-corrected chi connectivity index (χ3v) is 16.5. The first kappa shape index (κ1) is 80.1. The Kier molecular flexibility index (Phi) is 69.1. The van der Waals surface area contributed by atoms with Gasteiger partial charge >= 0.3 is 17.9 Å². The Hall–Kier alpha value is -2.89. The highest BCUT2D eigenvalue weighted by Gasteiger charge is 2.19. The number of esters is 3. The molecule has 0 aliphatic heterocycles.